The molecule has 0 N–H and O–H groups in total. The first-order valence-electron chi connectivity index (χ1n) is 10.2. The van der Waals surface area contributed by atoms with Crippen LogP contribution in [0.15, 0.2) is 75.8 Å². The van der Waals surface area contributed by atoms with E-state index in [4.69, 9.17) is 14.2 Å². The number of ether oxygens (including phenoxy) is 3. The van der Waals surface area contributed by atoms with Crippen molar-refractivity contribution < 1.29 is 23.9 Å². The Morgan fingerprint density at radius 1 is 1.12 bits per heavy atom. The third-order valence-corrected chi connectivity index (χ3v) is 5.62. The van der Waals surface area contributed by atoms with Gasteiger partial charge in [0.25, 0.3) is 5.69 Å². The minimum Gasteiger partial charge on any atom is -0.493 e. The van der Waals surface area contributed by atoms with Gasteiger partial charge in [-0.3, -0.25) is 10.1 Å². The van der Waals surface area contributed by atoms with Gasteiger partial charge in [0.2, 0.25) is 5.90 Å². The number of nitro groups is 1. The third kappa shape index (κ3) is 4.99. The highest BCUT2D eigenvalue weighted by molar-refractivity contribution is 9.10. The van der Waals surface area contributed by atoms with Crippen LogP contribution in [0, 0.1) is 17.0 Å². The summed E-state index contributed by atoms with van der Waals surface area (Å²) in [6, 6.07) is 17.6. The number of carbonyl (C=O) groups is 1. The number of nitro benzene ring substituents is 1. The van der Waals surface area contributed by atoms with Gasteiger partial charge in [0.05, 0.1) is 12.0 Å². The summed E-state index contributed by atoms with van der Waals surface area (Å²) in [5.41, 5.74) is 2.41. The van der Waals surface area contributed by atoms with Crippen LogP contribution in [0.2, 0.25) is 0 Å². The Bertz CT molecular complexity index is 1350. The highest BCUT2D eigenvalue weighted by atomic mass is 79.9. The molecule has 34 heavy (non-hydrogen) atoms. The highest BCUT2D eigenvalue weighted by Gasteiger charge is 2.27. The molecule has 9 heteroatoms. The van der Waals surface area contributed by atoms with Gasteiger partial charge in [0, 0.05) is 21.7 Å². The van der Waals surface area contributed by atoms with Crippen LogP contribution in [0.25, 0.3) is 6.08 Å². The molecule has 0 radical (unpaired) electrons. The van der Waals surface area contributed by atoms with E-state index in [0.717, 1.165) is 10.0 Å². The van der Waals surface area contributed by atoms with E-state index in [1.165, 1.54) is 19.2 Å². The minimum atomic E-state index is -0.644. The maximum atomic E-state index is 12.4. The number of halogens is 1. The Morgan fingerprint density at radius 3 is 2.65 bits per heavy atom. The molecule has 0 atom stereocenters. The number of hydrogen-bond donors (Lipinski definition) is 0. The molecular formula is C25H19BrN2O6. The average Bonchev–Trinajstić information content (AvgIpc) is 3.17. The fraction of sp³-hybridized carbons (Fsp3) is 0.120. The maximum Gasteiger partial charge on any atom is 0.363 e. The maximum absolute atomic E-state index is 12.4. The van der Waals surface area contributed by atoms with Crippen molar-refractivity contribution in [1.82, 2.24) is 0 Å². The Hall–Kier alpha value is -3.98. The summed E-state index contributed by atoms with van der Waals surface area (Å²) >= 11 is 3.44. The Morgan fingerprint density at radius 2 is 1.91 bits per heavy atom. The molecule has 1 aliphatic heterocycles. The molecule has 1 heterocycles. The number of methoxy groups -OCH3 is 1. The molecule has 0 aliphatic carbocycles. The second kappa shape index (κ2) is 9.88. The molecule has 0 bridgehead atoms. The van der Waals surface area contributed by atoms with E-state index < -0.39 is 10.9 Å². The molecule has 0 fully saturated rings. The first-order valence-corrected chi connectivity index (χ1v) is 11.0. The minimum absolute atomic E-state index is 0.0263. The molecule has 3 aromatic carbocycles. The van der Waals surface area contributed by atoms with Gasteiger partial charge in [-0.15, -0.1) is 0 Å². The van der Waals surface area contributed by atoms with Crippen LogP contribution in [-0.4, -0.2) is 23.9 Å². The second-order valence-corrected chi connectivity index (χ2v) is 8.29. The van der Waals surface area contributed by atoms with Gasteiger partial charge in [-0.25, -0.2) is 9.79 Å². The van der Waals surface area contributed by atoms with Gasteiger partial charge in [-0.05, 0) is 54.5 Å². The smallest absolute Gasteiger partial charge is 0.363 e. The lowest BCUT2D eigenvalue weighted by molar-refractivity contribution is -0.385. The predicted molar refractivity (Wildman–Crippen MR) is 130 cm³/mol. The van der Waals surface area contributed by atoms with E-state index in [1.54, 1.807) is 37.3 Å². The molecule has 0 saturated carbocycles. The van der Waals surface area contributed by atoms with Crippen molar-refractivity contribution in [2.75, 3.05) is 7.11 Å². The number of rotatable bonds is 7. The van der Waals surface area contributed by atoms with Crippen molar-refractivity contribution >= 4 is 39.6 Å². The zero-order valence-electron chi connectivity index (χ0n) is 18.3. The standard InChI is InChI=1S/C25H19BrN2O6/c1-15-19(7-4-8-21(15)28(30)31)24-27-20(25(29)34-24)12-16-9-10-22(23(13-16)32-2)33-14-17-5-3-6-18(26)11-17/h3-13H,14H2,1-2H3/b20-12-. The second-order valence-electron chi connectivity index (χ2n) is 7.37. The molecule has 0 spiro atoms. The summed E-state index contributed by atoms with van der Waals surface area (Å²) in [6.45, 7) is 1.95. The third-order valence-electron chi connectivity index (χ3n) is 5.13. The molecule has 0 unspecified atom stereocenters. The summed E-state index contributed by atoms with van der Waals surface area (Å²) < 4.78 is 17.6. The SMILES string of the molecule is COc1cc(/C=C2\N=C(c3cccc([N+](=O)[O-])c3C)OC2=O)ccc1OCc1cccc(Br)c1. The van der Waals surface area contributed by atoms with Crippen LogP contribution >= 0.6 is 15.9 Å². The lowest BCUT2D eigenvalue weighted by atomic mass is 10.1. The number of carbonyl (C=O) groups excluding carboxylic acids is 1. The number of nitrogens with zero attached hydrogens (tertiary/aromatic N) is 2. The molecule has 4 rings (SSSR count). The average molecular weight is 523 g/mol. The molecule has 0 saturated heterocycles. The zero-order chi connectivity index (χ0) is 24.2. The molecular weight excluding hydrogens is 504 g/mol. The number of esters is 1. The number of aliphatic imine (C=N–C) groups is 1. The first kappa shape index (κ1) is 23.2. The summed E-state index contributed by atoms with van der Waals surface area (Å²) in [5.74, 6) is 0.428. The quantitative estimate of drug-likeness (QED) is 0.173. The lowest BCUT2D eigenvalue weighted by Gasteiger charge is -2.11. The van der Waals surface area contributed by atoms with Crippen LogP contribution < -0.4 is 9.47 Å². The fourth-order valence-electron chi connectivity index (χ4n) is 3.42. The van der Waals surface area contributed by atoms with Crippen molar-refractivity contribution in [2.45, 2.75) is 13.5 Å². The summed E-state index contributed by atoms with van der Waals surface area (Å²) in [7, 11) is 1.53. The monoisotopic (exact) mass is 522 g/mol. The lowest BCUT2D eigenvalue weighted by Crippen LogP contribution is -2.08. The van der Waals surface area contributed by atoms with Crippen molar-refractivity contribution in [2.24, 2.45) is 4.99 Å². The molecule has 1 aliphatic rings. The van der Waals surface area contributed by atoms with Crippen molar-refractivity contribution in [1.29, 1.82) is 0 Å². The Balaban J connectivity index is 1.57. The number of cyclic esters (lactones) is 1. The van der Waals surface area contributed by atoms with E-state index in [9.17, 15) is 14.9 Å². The zero-order valence-corrected chi connectivity index (χ0v) is 19.9. The Labute approximate surface area is 203 Å². The Kier molecular flexibility index (Phi) is 6.74. The van der Waals surface area contributed by atoms with Crippen LogP contribution in [0.1, 0.15) is 22.3 Å². The van der Waals surface area contributed by atoms with Gasteiger partial charge in [0.1, 0.15) is 6.61 Å². The van der Waals surface area contributed by atoms with Crippen molar-refractivity contribution in [3.8, 4) is 11.5 Å². The normalized spacial score (nSPS) is 14.0. The fourth-order valence-corrected chi connectivity index (χ4v) is 3.86. The molecule has 8 nitrogen and oxygen atoms in total. The summed E-state index contributed by atoms with van der Waals surface area (Å²) in [4.78, 5) is 27.4. The topological polar surface area (TPSA) is 100 Å². The molecule has 3 aromatic rings. The van der Waals surface area contributed by atoms with Crippen LogP contribution in [0.5, 0.6) is 11.5 Å². The van der Waals surface area contributed by atoms with Crippen molar-refractivity contribution in [3.05, 3.63) is 103 Å². The molecule has 0 amide bonds. The van der Waals surface area contributed by atoms with Gasteiger partial charge in [-0.1, -0.05) is 40.2 Å². The van der Waals surface area contributed by atoms with E-state index in [1.807, 2.05) is 24.3 Å². The van der Waals surface area contributed by atoms with Crippen LogP contribution in [0.4, 0.5) is 5.69 Å². The van der Waals surface area contributed by atoms with Gasteiger partial charge in [0.15, 0.2) is 17.2 Å². The summed E-state index contributed by atoms with van der Waals surface area (Å²) in [5, 5.41) is 11.2. The molecule has 172 valence electrons. The number of benzene rings is 3. The largest absolute Gasteiger partial charge is 0.493 e. The van der Waals surface area contributed by atoms with Crippen LogP contribution in [-0.2, 0) is 16.1 Å². The van der Waals surface area contributed by atoms with E-state index in [2.05, 4.69) is 20.9 Å². The van der Waals surface area contributed by atoms with Gasteiger partial charge in [-0.2, -0.15) is 0 Å². The van der Waals surface area contributed by atoms with Gasteiger partial charge >= 0.3 is 5.97 Å². The van der Waals surface area contributed by atoms with E-state index >= 15 is 0 Å². The highest BCUT2D eigenvalue weighted by Crippen LogP contribution is 2.31. The molecule has 0 aromatic heterocycles. The summed E-state index contributed by atoms with van der Waals surface area (Å²) in [6.07, 6.45) is 1.56. The van der Waals surface area contributed by atoms with E-state index in [0.29, 0.717) is 34.8 Å². The number of hydrogen-bond acceptors (Lipinski definition) is 7. The van der Waals surface area contributed by atoms with Gasteiger partial charge < -0.3 is 14.2 Å². The van der Waals surface area contributed by atoms with Crippen LogP contribution in [0.3, 0.4) is 0 Å². The predicted octanol–water partition coefficient (Wildman–Crippen LogP) is 5.60. The van der Waals surface area contributed by atoms with Crippen molar-refractivity contribution in [3.63, 3.8) is 0 Å². The first-order chi connectivity index (χ1) is 16.4. The van der Waals surface area contributed by atoms with E-state index in [-0.39, 0.29) is 17.3 Å².